The van der Waals surface area contributed by atoms with Gasteiger partial charge in [-0.3, -0.25) is 9.59 Å². The lowest BCUT2D eigenvalue weighted by atomic mass is 10.0. The van der Waals surface area contributed by atoms with Crippen molar-refractivity contribution in [1.29, 1.82) is 0 Å². The van der Waals surface area contributed by atoms with E-state index in [0.717, 1.165) is 31.6 Å². The molecule has 120 valence electrons. The molecule has 5 heteroatoms. The topological polar surface area (TPSA) is 61.4 Å². The van der Waals surface area contributed by atoms with E-state index in [4.69, 9.17) is 0 Å². The van der Waals surface area contributed by atoms with Crippen molar-refractivity contribution in [2.75, 3.05) is 31.1 Å². The fourth-order valence-electron chi connectivity index (χ4n) is 2.64. The van der Waals surface area contributed by atoms with Gasteiger partial charge in [0.05, 0.1) is 0 Å². The summed E-state index contributed by atoms with van der Waals surface area (Å²) in [6, 6.07) is 7.93. The van der Waals surface area contributed by atoms with Crippen LogP contribution in [-0.4, -0.2) is 38.0 Å². The molecule has 0 unspecified atom stereocenters. The summed E-state index contributed by atoms with van der Waals surface area (Å²) in [5, 5.41) is 6.12. The van der Waals surface area contributed by atoms with Gasteiger partial charge in [0.25, 0.3) is 0 Å². The normalized spacial score (nSPS) is 13.9. The van der Waals surface area contributed by atoms with Gasteiger partial charge in [-0.25, -0.2) is 0 Å². The number of carbonyl (C=O) groups excluding carboxylic acids is 2. The summed E-state index contributed by atoms with van der Waals surface area (Å²) in [5.41, 5.74) is 2.14. The summed E-state index contributed by atoms with van der Waals surface area (Å²) >= 11 is 0. The molecule has 0 bridgehead atoms. The second kappa shape index (κ2) is 8.54. The van der Waals surface area contributed by atoms with Crippen molar-refractivity contribution in [3.63, 3.8) is 0 Å². The Morgan fingerprint density at radius 1 is 1.18 bits per heavy atom. The van der Waals surface area contributed by atoms with Crippen LogP contribution in [0, 0.1) is 0 Å². The second-order valence-electron chi connectivity index (χ2n) is 5.52. The molecule has 0 spiro atoms. The Kier molecular flexibility index (Phi) is 6.40. The lowest BCUT2D eigenvalue weighted by Gasteiger charge is -2.29. The summed E-state index contributed by atoms with van der Waals surface area (Å²) < 4.78 is 0. The molecule has 0 radical (unpaired) electrons. The molecule has 22 heavy (non-hydrogen) atoms. The first kappa shape index (κ1) is 16.5. The summed E-state index contributed by atoms with van der Waals surface area (Å²) in [6.45, 7) is 4.94. The fourth-order valence-corrected chi connectivity index (χ4v) is 2.64. The van der Waals surface area contributed by atoms with E-state index in [1.165, 1.54) is 5.56 Å². The standard InChI is InChI=1S/C17H25N3O2/c1-2-10-18-11-12-19-16(21)9-13-20-15-6-4-3-5-14(15)7-8-17(20)22/h3-6,18H,2,7-13H2,1H3,(H,19,21). The predicted molar refractivity (Wildman–Crippen MR) is 87.9 cm³/mol. The zero-order valence-electron chi connectivity index (χ0n) is 13.2. The van der Waals surface area contributed by atoms with E-state index in [1.54, 1.807) is 4.90 Å². The molecule has 0 aliphatic carbocycles. The van der Waals surface area contributed by atoms with Crippen LogP contribution in [0.1, 0.15) is 31.7 Å². The molecule has 1 aliphatic rings. The smallest absolute Gasteiger partial charge is 0.227 e. The average molecular weight is 303 g/mol. The molecule has 2 rings (SSSR count). The van der Waals surface area contributed by atoms with Crippen molar-refractivity contribution < 1.29 is 9.59 Å². The Morgan fingerprint density at radius 3 is 2.82 bits per heavy atom. The van der Waals surface area contributed by atoms with Crippen LogP contribution < -0.4 is 15.5 Å². The van der Waals surface area contributed by atoms with Crippen molar-refractivity contribution in [3.05, 3.63) is 29.8 Å². The van der Waals surface area contributed by atoms with E-state index in [0.29, 0.717) is 25.9 Å². The van der Waals surface area contributed by atoms with Crippen molar-refractivity contribution in [2.24, 2.45) is 0 Å². The van der Waals surface area contributed by atoms with Gasteiger partial charge in [-0.05, 0) is 31.0 Å². The van der Waals surface area contributed by atoms with E-state index in [1.807, 2.05) is 24.3 Å². The van der Waals surface area contributed by atoms with Gasteiger partial charge in [-0.2, -0.15) is 0 Å². The average Bonchev–Trinajstić information content (AvgIpc) is 2.53. The van der Waals surface area contributed by atoms with Crippen LogP contribution in [0.3, 0.4) is 0 Å². The number of hydrogen-bond donors (Lipinski definition) is 2. The van der Waals surface area contributed by atoms with Crippen LogP contribution in [0.5, 0.6) is 0 Å². The first-order valence-corrected chi connectivity index (χ1v) is 8.08. The van der Waals surface area contributed by atoms with Gasteiger partial charge in [0.1, 0.15) is 0 Å². The van der Waals surface area contributed by atoms with Crippen LogP contribution in [0.15, 0.2) is 24.3 Å². The number of anilines is 1. The van der Waals surface area contributed by atoms with Gasteiger partial charge in [-0.15, -0.1) is 0 Å². The fraction of sp³-hybridized carbons (Fsp3) is 0.529. The van der Waals surface area contributed by atoms with Gasteiger partial charge in [-0.1, -0.05) is 25.1 Å². The number of carbonyl (C=O) groups is 2. The zero-order chi connectivity index (χ0) is 15.8. The molecule has 0 saturated heterocycles. The van der Waals surface area contributed by atoms with E-state index < -0.39 is 0 Å². The van der Waals surface area contributed by atoms with Gasteiger partial charge >= 0.3 is 0 Å². The number of aryl methyl sites for hydroxylation is 1. The maximum Gasteiger partial charge on any atom is 0.227 e. The third kappa shape index (κ3) is 4.56. The van der Waals surface area contributed by atoms with Crippen LogP contribution in [0.25, 0.3) is 0 Å². The number of para-hydroxylation sites is 1. The van der Waals surface area contributed by atoms with E-state index in [9.17, 15) is 9.59 Å². The SMILES string of the molecule is CCCNCCNC(=O)CCN1C(=O)CCc2ccccc21. The highest BCUT2D eigenvalue weighted by molar-refractivity contribution is 5.96. The summed E-state index contributed by atoms with van der Waals surface area (Å²) in [4.78, 5) is 25.7. The molecule has 2 amide bonds. The number of amides is 2. The molecule has 1 aromatic carbocycles. The number of nitrogens with zero attached hydrogens (tertiary/aromatic N) is 1. The van der Waals surface area contributed by atoms with Gasteiger partial charge in [0, 0.05) is 38.2 Å². The minimum atomic E-state index is -0.00541. The lowest BCUT2D eigenvalue weighted by molar-refractivity contribution is -0.121. The molecular weight excluding hydrogens is 278 g/mol. The number of benzene rings is 1. The highest BCUT2D eigenvalue weighted by Crippen LogP contribution is 2.27. The monoisotopic (exact) mass is 303 g/mol. The number of rotatable bonds is 8. The number of hydrogen-bond acceptors (Lipinski definition) is 3. The lowest BCUT2D eigenvalue weighted by Crippen LogP contribution is -2.39. The van der Waals surface area contributed by atoms with Gasteiger partial charge in [0.15, 0.2) is 0 Å². The molecule has 0 atom stereocenters. The maximum atomic E-state index is 12.1. The summed E-state index contributed by atoms with van der Waals surface area (Å²) in [7, 11) is 0. The Morgan fingerprint density at radius 2 is 2.00 bits per heavy atom. The molecule has 0 fully saturated rings. The molecule has 0 aromatic heterocycles. The van der Waals surface area contributed by atoms with Gasteiger partial charge < -0.3 is 15.5 Å². The van der Waals surface area contributed by atoms with E-state index >= 15 is 0 Å². The van der Waals surface area contributed by atoms with Crippen LogP contribution in [0.4, 0.5) is 5.69 Å². The first-order valence-electron chi connectivity index (χ1n) is 8.08. The zero-order valence-corrected chi connectivity index (χ0v) is 13.2. The predicted octanol–water partition coefficient (Wildman–Crippen LogP) is 1.47. The summed E-state index contributed by atoms with van der Waals surface area (Å²) in [6.07, 6.45) is 2.75. The van der Waals surface area contributed by atoms with Crippen molar-refractivity contribution >= 4 is 17.5 Å². The quantitative estimate of drug-likeness (QED) is 0.715. The van der Waals surface area contributed by atoms with Crippen molar-refractivity contribution in [2.45, 2.75) is 32.6 Å². The third-order valence-corrected chi connectivity index (χ3v) is 3.80. The third-order valence-electron chi connectivity index (χ3n) is 3.80. The Balaban J connectivity index is 1.79. The van der Waals surface area contributed by atoms with E-state index in [2.05, 4.69) is 17.6 Å². The van der Waals surface area contributed by atoms with Gasteiger partial charge in [0.2, 0.25) is 11.8 Å². The molecule has 1 heterocycles. The molecular formula is C17H25N3O2. The number of nitrogens with one attached hydrogen (secondary N) is 2. The van der Waals surface area contributed by atoms with Crippen LogP contribution in [-0.2, 0) is 16.0 Å². The molecule has 0 saturated carbocycles. The number of fused-ring (bicyclic) bond motifs is 1. The highest BCUT2D eigenvalue weighted by atomic mass is 16.2. The largest absolute Gasteiger partial charge is 0.355 e. The highest BCUT2D eigenvalue weighted by Gasteiger charge is 2.23. The molecule has 1 aliphatic heterocycles. The Hall–Kier alpha value is -1.88. The van der Waals surface area contributed by atoms with Crippen molar-refractivity contribution in [1.82, 2.24) is 10.6 Å². The second-order valence-corrected chi connectivity index (χ2v) is 5.52. The van der Waals surface area contributed by atoms with Crippen molar-refractivity contribution in [3.8, 4) is 0 Å². The Labute approximate surface area is 132 Å². The first-order chi connectivity index (χ1) is 10.7. The maximum absolute atomic E-state index is 12.1. The van der Waals surface area contributed by atoms with Crippen LogP contribution >= 0.6 is 0 Å². The molecule has 1 aromatic rings. The minimum absolute atomic E-state index is 0.00541. The minimum Gasteiger partial charge on any atom is -0.355 e. The molecule has 2 N–H and O–H groups in total. The Bertz CT molecular complexity index is 516. The molecule has 5 nitrogen and oxygen atoms in total. The van der Waals surface area contributed by atoms with Crippen LogP contribution in [0.2, 0.25) is 0 Å². The van der Waals surface area contributed by atoms with E-state index in [-0.39, 0.29) is 11.8 Å². The summed E-state index contributed by atoms with van der Waals surface area (Å²) in [5.74, 6) is 0.102.